The zero-order valence-corrected chi connectivity index (χ0v) is 12.5. The second-order valence-electron chi connectivity index (χ2n) is 5.28. The Labute approximate surface area is 124 Å². The molecule has 0 fully saturated rings. The molecule has 0 heterocycles. The van der Waals surface area contributed by atoms with Gasteiger partial charge in [0.15, 0.2) is 11.6 Å². The fraction of sp³-hybridized carbons (Fsp3) is 0.294. The van der Waals surface area contributed by atoms with E-state index in [2.05, 4.69) is 17.4 Å². The van der Waals surface area contributed by atoms with Gasteiger partial charge in [0, 0.05) is 25.8 Å². The smallest absolute Gasteiger partial charge is 0.159 e. The summed E-state index contributed by atoms with van der Waals surface area (Å²) in [4.78, 5) is 2.04. The van der Waals surface area contributed by atoms with Crippen LogP contribution in [0.15, 0.2) is 42.5 Å². The van der Waals surface area contributed by atoms with Gasteiger partial charge in [0.1, 0.15) is 0 Å². The first kappa shape index (κ1) is 15.4. The van der Waals surface area contributed by atoms with E-state index < -0.39 is 11.6 Å². The quantitative estimate of drug-likeness (QED) is 0.906. The minimum atomic E-state index is -0.810. The summed E-state index contributed by atoms with van der Waals surface area (Å²) < 4.78 is 26.2. The molecule has 0 radical (unpaired) electrons. The lowest BCUT2D eigenvalue weighted by atomic mass is 9.98. The molecular weight excluding hydrogens is 270 g/mol. The highest BCUT2D eigenvalue weighted by Gasteiger charge is 2.12. The predicted molar refractivity (Wildman–Crippen MR) is 82.6 cm³/mol. The largest absolute Gasteiger partial charge is 0.378 e. The minimum Gasteiger partial charge on any atom is -0.378 e. The van der Waals surface area contributed by atoms with Gasteiger partial charge in [0.25, 0.3) is 0 Å². The van der Waals surface area contributed by atoms with Gasteiger partial charge in [-0.1, -0.05) is 18.2 Å². The Morgan fingerprint density at radius 1 is 1.00 bits per heavy atom. The third kappa shape index (κ3) is 3.79. The van der Waals surface area contributed by atoms with Crippen molar-refractivity contribution in [2.75, 3.05) is 26.0 Å². The van der Waals surface area contributed by atoms with Crippen LogP contribution in [-0.4, -0.2) is 21.1 Å². The van der Waals surface area contributed by atoms with Crippen molar-refractivity contribution < 1.29 is 8.78 Å². The van der Waals surface area contributed by atoms with Crippen LogP contribution < -0.4 is 10.2 Å². The summed E-state index contributed by atoms with van der Waals surface area (Å²) in [5.41, 5.74) is 3.01. The summed E-state index contributed by atoms with van der Waals surface area (Å²) in [6, 6.07) is 12.3. The van der Waals surface area contributed by atoms with E-state index in [1.807, 2.05) is 38.2 Å². The van der Waals surface area contributed by atoms with Crippen molar-refractivity contribution in [1.82, 2.24) is 5.32 Å². The van der Waals surface area contributed by atoms with E-state index in [1.165, 1.54) is 12.1 Å². The number of hydrogen-bond acceptors (Lipinski definition) is 2. The predicted octanol–water partition coefficient (Wildman–Crippen LogP) is 3.53. The molecule has 1 unspecified atom stereocenters. The maximum Gasteiger partial charge on any atom is 0.159 e. The van der Waals surface area contributed by atoms with E-state index in [9.17, 15) is 8.78 Å². The normalized spacial score (nSPS) is 12.2. The van der Waals surface area contributed by atoms with Crippen molar-refractivity contribution in [2.45, 2.75) is 12.5 Å². The van der Waals surface area contributed by atoms with Gasteiger partial charge < -0.3 is 10.2 Å². The van der Waals surface area contributed by atoms with Gasteiger partial charge >= 0.3 is 0 Å². The Kier molecular flexibility index (Phi) is 4.91. The van der Waals surface area contributed by atoms with Crippen LogP contribution in [0, 0.1) is 11.6 Å². The van der Waals surface area contributed by atoms with Crippen LogP contribution in [0.4, 0.5) is 14.5 Å². The zero-order valence-electron chi connectivity index (χ0n) is 12.5. The van der Waals surface area contributed by atoms with Gasteiger partial charge in [0.05, 0.1) is 0 Å². The zero-order chi connectivity index (χ0) is 15.4. The van der Waals surface area contributed by atoms with E-state index in [-0.39, 0.29) is 6.04 Å². The van der Waals surface area contributed by atoms with Gasteiger partial charge in [-0.2, -0.15) is 0 Å². The third-order valence-electron chi connectivity index (χ3n) is 3.58. The molecule has 0 aliphatic carbocycles. The topological polar surface area (TPSA) is 15.3 Å². The molecule has 0 aliphatic rings. The molecule has 21 heavy (non-hydrogen) atoms. The molecular formula is C17H20F2N2. The number of benzene rings is 2. The molecule has 1 atom stereocenters. The summed E-state index contributed by atoms with van der Waals surface area (Å²) >= 11 is 0. The van der Waals surface area contributed by atoms with E-state index in [4.69, 9.17) is 0 Å². The number of rotatable bonds is 5. The Bertz CT molecular complexity index is 594. The molecule has 0 spiro atoms. The van der Waals surface area contributed by atoms with Gasteiger partial charge in [-0.25, -0.2) is 8.78 Å². The number of anilines is 1. The molecule has 0 saturated carbocycles. The Hall–Kier alpha value is -1.94. The lowest BCUT2D eigenvalue weighted by molar-refractivity contribution is 0.504. The van der Waals surface area contributed by atoms with E-state index >= 15 is 0 Å². The van der Waals surface area contributed by atoms with Crippen molar-refractivity contribution >= 4 is 5.69 Å². The number of likely N-dealkylation sites (N-methyl/N-ethyl adjacent to an activating group) is 1. The Morgan fingerprint density at radius 3 is 2.19 bits per heavy atom. The molecule has 4 heteroatoms. The minimum absolute atomic E-state index is 0.0612. The molecule has 2 aromatic rings. The monoisotopic (exact) mass is 290 g/mol. The van der Waals surface area contributed by atoms with Gasteiger partial charge in [-0.05, 0) is 48.9 Å². The molecule has 0 aliphatic heterocycles. The standard InChI is InChI=1S/C17H20F2N2/c1-20-17(11-12-4-9-15(18)16(19)10-12)13-5-7-14(8-6-13)21(2)3/h4-10,17,20H,11H2,1-3H3. The highest BCUT2D eigenvalue weighted by Crippen LogP contribution is 2.22. The van der Waals surface area contributed by atoms with Gasteiger partial charge in [-0.15, -0.1) is 0 Å². The Balaban J connectivity index is 2.17. The number of hydrogen-bond donors (Lipinski definition) is 1. The molecule has 0 saturated heterocycles. The van der Waals surface area contributed by atoms with Crippen LogP contribution in [0.5, 0.6) is 0 Å². The summed E-state index contributed by atoms with van der Waals surface area (Å²) in [7, 11) is 5.85. The van der Waals surface area contributed by atoms with Crippen molar-refractivity contribution in [3.63, 3.8) is 0 Å². The van der Waals surface area contributed by atoms with Crippen molar-refractivity contribution in [1.29, 1.82) is 0 Å². The summed E-state index contributed by atoms with van der Waals surface area (Å²) in [5, 5.41) is 3.22. The molecule has 2 aromatic carbocycles. The van der Waals surface area contributed by atoms with Gasteiger partial charge in [0.2, 0.25) is 0 Å². The van der Waals surface area contributed by atoms with Crippen molar-refractivity contribution in [3.05, 3.63) is 65.2 Å². The van der Waals surface area contributed by atoms with Crippen LogP contribution >= 0.6 is 0 Å². The maximum absolute atomic E-state index is 13.3. The van der Waals surface area contributed by atoms with Crippen LogP contribution in [0.25, 0.3) is 0 Å². The fourth-order valence-electron chi connectivity index (χ4n) is 2.29. The SMILES string of the molecule is CNC(Cc1ccc(F)c(F)c1)c1ccc(N(C)C)cc1. The molecule has 2 nitrogen and oxygen atoms in total. The summed E-state index contributed by atoms with van der Waals surface area (Å²) in [5.74, 6) is -1.61. The van der Waals surface area contributed by atoms with E-state index in [0.717, 1.165) is 16.8 Å². The number of nitrogens with one attached hydrogen (secondary N) is 1. The van der Waals surface area contributed by atoms with Crippen LogP contribution in [0.3, 0.4) is 0 Å². The first-order valence-corrected chi connectivity index (χ1v) is 6.89. The first-order chi connectivity index (χ1) is 10.0. The molecule has 2 rings (SSSR count). The average molecular weight is 290 g/mol. The summed E-state index contributed by atoms with van der Waals surface area (Å²) in [6.07, 6.45) is 0.606. The fourth-order valence-corrected chi connectivity index (χ4v) is 2.29. The average Bonchev–Trinajstić information content (AvgIpc) is 2.48. The maximum atomic E-state index is 13.3. The second kappa shape index (κ2) is 6.68. The van der Waals surface area contributed by atoms with Crippen molar-refractivity contribution in [3.8, 4) is 0 Å². The van der Waals surface area contributed by atoms with Crippen molar-refractivity contribution in [2.24, 2.45) is 0 Å². The highest BCUT2D eigenvalue weighted by atomic mass is 19.2. The number of nitrogens with zero attached hydrogens (tertiary/aromatic N) is 1. The molecule has 0 amide bonds. The lowest BCUT2D eigenvalue weighted by Crippen LogP contribution is -2.19. The molecule has 112 valence electrons. The molecule has 0 aromatic heterocycles. The van der Waals surface area contributed by atoms with Crippen LogP contribution in [0.1, 0.15) is 17.2 Å². The Morgan fingerprint density at radius 2 is 1.67 bits per heavy atom. The van der Waals surface area contributed by atoms with Crippen LogP contribution in [0.2, 0.25) is 0 Å². The van der Waals surface area contributed by atoms with E-state index in [1.54, 1.807) is 6.07 Å². The molecule has 0 bridgehead atoms. The van der Waals surface area contributed by atoms with E-state index in [0.29, 0.717) is 6.42 Å². The summed E-state index contributed by atoms with van der Waals surface area (Å²) in [6.45, 7) is 0. The second-order valence-corrected chi connectivity index (χ2v) is 5.28. The lowest BCUT2D eigenvalue weighted by Gasteiger charge is -2.19. The highest BCUT2D eigenvalue weighted by molar-refractivity contribution is 5.46. The van der Waals surface area contributed by atoms with Crippen LogP contribution in [-0.2, 0) is 6.42 Å². The third-order valence-corrected chi connectivity index (χ3v) is 3.58. The van der Waals surface area contributed by atoms with Gasteiger partial charge in [-0.3, -0.25) is 0 Å². The molecule has 1 N–H and O–H groups in total. The first-order valence-electron chi connectivity index (χ1n) is 6.89. The number of halogens is 2.